The Morgan fingerprint density at radius 1 is 1.25 bits per heavy atom. The Morgan fingerprint density at radius 2 is 2.00 bits per heavy atom. The molecule has 0 aliphatic carbocycles. The van der Waals surface area contributed by atoms with Crippen molar-refractivity contribution < 1.29 is 4.39 Å². The molecule has 0 bridgehead atoms. The molecule has 2 rings (SSSR count). The summed E-state index contributed by atoms with van der Waals surface area (Å²) >= 11 is 0. The van der Waals surface area contributed by atoms with Crippen LogP contribution in [0, 0.1) is 5.82 Å². The third kappa shape index (κ3) is 2.06. The minimum atomic E-state index is -0.152. The quantitative estimate of drug-likeness (QED) is 0.681. The van der Waals surface area contributed by atoms with Gasteiger partial charge in [-0.15, -0.1) is 0 Å². The van der Waals surface area contributed by atoms with E-state index in [0.29, 0.717) is 6.54 Å². The normalized spacial score (nSPS) is 15.4. The SMILES string of the molecule is CC(C)(C)c1ccc(C2=CCN=C2)cc1F. The highest BCUT2D eigenvalue weighted by Gasteiger charge is 2.18. The molecule has 1 aromatic carbocycles. The maximum absolute atomic E-state index is 13.9. The zero-order valence-electron chi connectivity index (χ0n) is 9.92. The van der Waals surface area contributed by atoms with Gasteiger partial charge in [-0.05, 0) is 28.2 Å². The fourth-order valence-corrected chi connectivity index (χ4v) is 1.85. The Balaban J connectivity index is 2.40. The van der Waals surface area contributed by atoms with Crippen LogP contribution in [0.2, 0.25) is 0 Å². The molecule has 1 nitrogen and oxygen atoms in total. The molecule has 0 saturated heterocycles. The molecule has 0 aromatic heterocycles. The molecule has 0 saturated carbocycles. The van der Waals surface area contributed by atoms with E-state index >= 15 is 0 Å². The minimum Gasteiger partial charge on any atom is -0.288 e. The zero-order chi connectivity index (χ0) is 11.8. The van der Waals surface area contributed by atoms with E-state index in [1.807, 2.05) is 39.0 Å². The van der Waals surface area contributed by atoms with Crippen molar-refractivity contribution in [2.24, 2.45) is 4.99 Å². The van der Waals surface area contributed by atoms with Crippen molar-refractivity contribution in [1.82, 2.24) is 0 Å². The Kier molecular flexibility index (Phi) is 2.66. The number of rotatable bonds is 1. The molecule has 84 valence electrons. The average Bonchev–Trinajstić information content (AvgIpc) is 2.68. The summed E-state index contributed by atoms with van der Waals surface area (Å²) in [6.07, 6.45) is 3.80. The summed E-state index contributed by atoms with van der Waals surface area (Å²) in [6.45, 7) is 6.75. The van der Waals surface area contributed by atoms with Gasteiger partial charge in [-0.25, -0.2) is 4.39 Å². The van der Waals surface area contributed by atoms with Gasteiger partial charge in [-0.1, -0.05) is 39.0 Å². The fraction of sp³-hybridized carbons (Fsp3) is 0.357. The predicted octanol–water partition coefficient (Wildman–Crippen LogP) is 3.59. The van der Waals surface area contributed by atoms with Crippen LogP contribution in [-0.2, 0) is 5.41 Å². The van der Waals surface area contributed by atoms with Gasteiger partial charge in [-0.3, -0.25) is 4.99 Å². The average molecular weight is 217 g/mol. The monoisotopic (exact) mass is 217 g/mol. The van der Waals surface area contributed by atoms with E-state index in [4.69, 9.17) is 0 Å². The molecule has 0 spiro atoms. The Hall–Kier alpha value is -1.44. The van der Waals surface area contributed by atoms with Crippen molar-refractivity contribution in [1.29, 1.82) is 0 Å². The maximum Gasteiger partial charge on any atom is 0.127 e. The number of allylic oxidation sites excluding steroid dienone is 1. The van der Waals surface area contributed by atoms with Crippen LogP contribution < -0.4 is 0 Å². The van der Waals surface area contributed by atoms with Crippen molar-refractivity contribution in [3.63, 3.8) is 0 Å². The molecule has 1 aromatic rings. The van der Waals surface area contributed by atoms with E-state index in [1.54, 1.807) is 12.3 Å². The van der Waals surface area contributed by atoms with Crippen molar-refractivity contribution in [3.8, 4) is 0 Å². The smallest absolute Gasteiger partial charge is 0.127 e. The van der Waals surface area contributed by atoms with Gasteiger partial charge in [0.1, 0.15) is 5.82 Å². The van der Waals surface area contributed by atoms with Gasteiger partial charge in [0.05, 0.1) is 6.54 Å². The van der Waals surface area contributed by atoms with Gasteiger partial charge < -0.3 is 0 Å². The lowest BCUT2D eigenvalue weighted by Gasteiger charge is -2.20. The van der Waals surface area contributed by atoms with Gasteiger partial charge in [0.25, 0.3) is 0 Å². The summed E-state index contributed by atoms with van der Waals surface area (Å²) in [5, 5.41) is 0. The third-order valence-electron chi connectivity index (χ3n) is 2.76. The molecule has 1 aliphatic rings. The lowest BCUT2D eigenvalue weighted by molar-refractivity contribution is 0.523. The van der Waals surface area contributed by atoms with Crippen molar-refractivity contribution >= 4 is 11.8 Å². The van der Waals surface area contributed by atoms with E-state index in [2.05, 4.69) is 4.99 Å². The number of hydrogen-bond donors (Lipinski definition) is 0. The molecule has 16 heavy (non-hydrogen) atoms. The molecule has 0 unspecified atom stereocenters. The first kappa shape index (κ1) is 11.1. The minimum absolute atomic E-state index is 0.133. The highest BCUT2D eigenvalue weighted by molar-refractivity contribution is 6.11. The van der Waals surface area contributed by atoms with Crippen LogP contribution in [-0.4, -0.2) is 12.8 Å². The predicted molar refractivity (Wildman–Crippen MR) is 66.4 cm³/mol. The van der Waals surface area contributed by atoms with Crippen molar-refractivity contribution in [2.45, 2.75) is 26.2 Å². The molecule has 0 radical (unpaired) electrons. The third-order valence-corrected chi connectivity index (χ3v) is 2.76. The summed E-state index contributed by atoms with van der Waals surface area (Å²) in [6, 6.07) is 5.44. The Bertz CT molecular complexity index is 464. The second kappa shape index (κ2) is 3.85. The summed E-state index contributed by atoms with van der Waals surface area (Å²) in [5.41, 5.74) is 2.53. The first-order valence-corrected chi connectivity index (χ1v) is 5.49. The van der Waals surface area contributed by atoms with Crippen LogP contribution in [0.4, 0.5) is 4.39 Å². The summed E-state index contributed by atoms with van der Waals surface area (Å²) < 4.78 is 13.9. The molecule has 1 aliphatic heterocycles. The Labute approximate surface area is 95.7 Å². The summed E-state index contributed by atoms with van der Waals surface area (Å²) in [5.74, 6) is -0.133. The van der Waals surface area contributed by atoms with E-state index in [9.17, 15) is 4.39 Å². The number of aliphatic imine (C=N–C) groups is 1. The van der Waals surface area contributed by atoms with Crippen LogP contribution in [0.15, 0.2) is 29.3 Å². The van der Waals surface area contributed by atoms with Gasteiger partial charge >= 0.3 is 0 Å². The molecular formula is C14H16FN. The van der Waals surface area contributed by atoms with Gasteiger partial charge in [0.2, 0.25) is 0 Å². The summed E-state index contributed by atoms with van der Waals surface area (Å²) in [4.78, 5) is 4.10. The van der Waals surface area contributed by atoms with Crippen LogP contribution in [0.5, 0.6) is 0 Å². The maximum atomic E-state index is 13.9. The van der Waals surface area contributed by atoms with Crippen LogP contribution in [0.3, 0.4) is 0 Å². The Morgan fingerprint density at radius 3 is 2.50 bits per heavy atom. The van der Waals surface area contributed by atoms with E-state index in [-0.39, 0.29) is 11.2 Å². The lowest BCUT2D eigenvalue weighted by atomic mass is 9.85. The largest absolute Gasteiger partial charge is 0.288 e. The molecule has 2 heteroatoms. The first-order chi connectivity index (χ1) is 7.48. The van der Waals surface area contributed by atoms with Gasteiger partial charge in [0.15, 0.2) is 0 Å². The van der Waals surface area contributed by atoms with Crippen LogP contribution >= 0.6 is 0 Å². The molecule has 0 atom stereocenters. The molecule has 0 amide bonds. The van der Waals surface area contributed by atoms with Crippen LogP contribution in [0.1, 0.15) is 31.9 Å². The highest BCUT2D eigenvalue weighted by Crippen LogP contribution is 2.27. The standard InChI is InChI=1S/C14H16FN/c1-14(2,3)12-5-4-10(8-13(12)15)11-6-7-16-9-11/h4-6,8-9H,7H2,1-3H3. The van der Waals surface area contributed by atoms with Crippen molar-refractivity contribution in [3.05, 3.63) is 41.2 Å². The highest BCUT2D eigenvalue weighted by atomic mass is 19.1. The molecule has 1 heterocycles. The number of nitrogens with zero attached hydrogens (tertiary/aromatic N) is 1. The first-order valence-electron chi connectivity index (χ1n) is 5.49. The molecule has 0 fully saturated rings. The fourth-order valence-electron chi connectivity index (χ4n) is 1.85. The van der Waals surface area contributed by atoms with E-state index in [0.717, 1.165) is 16.7 Å². The second-order valence-corrected chi connectivity index (χ2v) is 5.10. The molecule has 0 N–H and O–H groups in total. The molecular weight excluding hydrogens is 201 g/mol. The second-order valence-electron chi connectivity index (χ2n) is 5.10. The van der Waals surface area contributed by atoms with E-state index in [1.165, 1.54) is 0 Å². The number of halogens is 1. The van der Waals surface area contributed by atoms with Gasteiger partial charge in [0, 0.05) is 6.21 Å². The number of hydrogen-bond acceptors (Lipinski definition) is 1. The topological polar surface area (TPSA) is 12.4 Å². The van der Waals surface area contributed by atoms with Gasteiger partial charge in [-0.2, -0.15) is 0 Å². The van der Waals surface area contributed by atoms with E-state index < -0.39 is 0 Å². The number of benzene rings is 1. The van der Waals surface area contributed by atoms with Crippen LogP contribution in [0.25, 0.3) is 5.57 Å². The van der Waals surface area contributed by atoms with Crippen molar-refractivity contribution in [2.75, 3.05) is 6.54 Å². The zero-order valence-corrected chi connectivity index (χ0v) is 9.92. The lowest BCUT2D eigenvalue weighted by Crippen LogP contribution is -2.13. The summed E-state index contributed by atoms with van der Waals surface area (Å²) in [7, 11) is 0.